The second kappa shape index (κ2) is 8.84. The molecule has 0 spiro atoms. The number of carboxylic acid groups (broad SMARTS) is 1. The lowest BCUT2D eigenvalue weighted by molar-refractivity contribution is -0.0498. The van der Waals surface area contributed by atoms with Gasteiger partial charge in [-0.05, 0) is 51.3 Å². The molecule has 1 aromatic carbocycles. The summed E-state index contributed by atoms with van der Waals surface area (Å²) < 4.78 is 34.5. The lowest BCUT2D eigenvalue weighted by Gasteiger charge is -2.49. The summed E-state index contributed by atoms with van der Waals surface area (Å²) in [7, 11) is 0. The van der Waals surface area contributed by atoms with Gasteiger partial charge in [0.2, 0.25) is 0 Å². The molecule has 7 nitrogen and oxygen atoms in total. The summed E-state index contributed by atoms with van der Waals surface area (Å²) in [6.07, 6.45) is -0.757. The highest BCUT2D eigenvalue weighted by Gasteiger charge is 2.45. The van der Waals surface area contributed by atoms with E-state index in [0.29, 0.717) is 12.8 Å². The molecule has 0 aromatic heterocycles. The summed E-state index contributed by atoms with van der Waals surface area (Å²) in [5, 5.41) is 9.73. The Hall–Kier alpha value is -2.58. The number of rotatable bonds is 5. The normalized spacial score (nSPS) is 20.0. The highest BCUT2D eigenvalue weighted by Crippen LogP contribution is 2.31. The summed E-state index contributed by atoms with van der Waals surface area (Å²) in [6.45, 7) is 4.85. The van der Waals surface area contributed by atoms with Crippen molar-refractivity contribution in [2.75, 3.05) is 19.6 Å². The number of ether oxygens (including phenoxy) is 2. The molecule has 162 valence electrons. The Morgan fingerprint density at radius 2 is 1.83 bits per heavy atom. The molecule has 1 atom stereocenters. The van der Waals surface area contributed by atoms with Crippen molar-refractivity contribution in [1.82, 2.24) is 9.80 Å². The van der Waals surface area contributed by atoms with E-state index >= 15 is 0 Å². The molecular formula is C20H28F2N2O5. The van der Waals surface area contributed by atoms with E-state index < -0.39 is 29.9 Å². The molecule has 0 bridgehead atoms. The van der Waals surface area contributed by atoms with E-state index in [4.69, 9.17) is 4.74 Å². The summed E-state index contributed by atoms with van der Waals surface area (Å²) in [5.74, 6) is 0.0309. The number of alkyl halides is 2. The lowest BCUT2D eigenvalue weighted by atomic mass is 9.84. The van der Waals surface area contributed by atoms with E-state index in [1.54, 1.807) is 32.9 Å². The van der Waals surface area contributed by atoms with Gasteiger partial charge in [-0.1, -0.05) is 19.1 Å². The molecular weight excluding hydrogens is 386 g/mol. The van der Waals surface area contributed by atoms with Crippen molar-refractivity contribution in [3.63, 3.8) is 0 Å². The predicted molar refractivity (Wildman–Crippen MR) is 102 cm³/mol. The van der Waals surface area contributed by atoms with Gasteiger partial charge in [0.1, 0.15) is 11.4 Å². The van der Waals surface area contributed by atoms with Gasteiger partial charge in [-0.3, -0.25) is 4.90 Å². The van der Waals surface area contributed by atoms with Crippen LogP contribution in [0.25, 0.3) is 0 Å². The van der Waals surface area contributed by atoms with Crippen LogP contribution in [-0.2, 0) is 11.2 Å². The molecule has 1 aliphatic rings. The molecule has 1 N–H and O–H groups in total. The first-order chi connectivity index (χ1) is 13.5. The standard InChI is InChI=1S/C20H28F2N2O5/c1-5-20(12-14-6-8-15(9-7-14)28-16(21)22)13-23(10-11-24(20)17(25)26)18(27)29-19(2,3)4/h6-9,16H,5,10-13H2,1-4H3,(H,25,26)/t20-/m1/s1. The van der Waals surface area contributed by atoms with E-state index in [9.17, 15) is 23.5 Å². The topological polar surface area (TPSA) is 79.3 Å². The van der Waals surface area contributed by atoms with Crippen LogP contribution in [0.1, 0.15) is 39.7 Å². The highest BCUT2D eigenvalue weighted by molar-refractivity contribution is 5.70. The van der Waals surface area contributed by atoms with E-state index in [1.807, 2.05) is 6.92 Å². The maximum absolute atomic E-state index is 12.5. The Bertz CT molecular complexity index is 721. The largest absolute Gasteiger partial charge is 0.465 e. The number of amides is 2. The number of carbonyl (C=O) groups is 2. The molecule has 2 rings (SSSR count). The maximum atomic E-state index is 12.5. The maximum Gasteiger partial charge on any atom is 0.410 e. The first-order valence-corrected chi connectivity index (χ1v) is 9.48. The van der Waals surface area contributed by atoms with Gasteiger partial charge in [0, 0.05) is 19.6 Å². The molecule has 1 aliphatic heterocycles. The van der Waals surface area contributed by atoms with Crippen molar-refractivity contribution in [2.24, 2.45) is 0 Å². The summed E-state index contributed by atoms with van der Waals surface area (Å²) in [5.41, 5.74) is -0.756. The zero-order valence-corrected chi connectivity index (χ0v) is 17.2. The number of piperazine rings is 1. The number of carbonyl (C=O) groups excluding carboxylic acids is 1. The molecule has 0 radical (unpaired) electrons. The fourth-order valence-corrected chi connectivity index (χ4v) is 3.51. The minimum Gasteiger partial charge on any atom is -0.465 e. The van der Waals surface area contributed by atoms with Crippen molar-refractivity contribution in [3.8, 4) is 5.75 Å². The monoisotopic (exact) mass is 414 g/mol. The van der Waals surface area contributed by atoms with Crippen molar-refractivity contribution in [3.05, 3.63) is 29.8 Å². The number of hydrogen-bond donors (Lipinski definition) is 1. The Kier molecular flexibility index (Phi) is 6.92. The van der Waals surface area contributed by atoms with Gasteiger partial charge in [0.25, 0.3) is 0 Å². The average molecular weight is 414 g/mol. The van der Waals surface area contributed by atoms with Gasteiger partial charge in [-0.15, -0.1) is 0 Å². The molecule has 0 saturated carbocycles. The number of benzene rings is 1. The van der Waals surface area contributed by atoms with Crippen LogP contribution in [0.2, 0.25) is 0 Å². The third kappa shape index (κ3) is 5.95. The molecule has 0 aliphatic carbocycles. The number of hydrogen-bond acceptors (Lipinski definition) is 4. The Labute approximate surface area is 169 Å². The van der Waals surface area contributed by atoms with E-state index in [-0.39, 0.29) is 25.4 Å². The van der Waals surface area contributed by atoms with Crippen molar-refractivity contribution in [1.29, 1.82) is 0 Å². The Morgan fingerprint density at radius 1 is 1.21 bits per heavy atom. The zero-order valence-electron chi connectivity index (χ0n) is 17.2. The van der Waals surface area contributed by atoms with Crippen LogP contribution in [-0.4, -0.2) is 64.5 Å². The van der Waals surface area contributed by atoms with Crippen LogP contribution >= 0.6 is 0 Å². The van der Waals surface area contributed by atoms with Crippen LogP contribution in [0, 0.1) is 0 Å². The molecule has 1 heterocycles. The van der Waals surface area contributed by atoms with E-state index in [2.05, 4.69) is 4.74 Å². The predicted octanol–water partition coefficient (Wildman–Crippen LogP) is 4.21. The quantitative estimate of drug-likeness (QED) is 0.781. The van der Waals surface area contributed by atoms with Gasteiger partial charge in [-0.2, -0.15) is 8.78 Å². The zero-order chi connectivity index (χ0) is 21.8. The van der Waals surface area contributed by atoms with Crippen LogP contribution in [0.15, 0.2) is 24.3 Å². The number of nitrogens with zero attached hydrogens (tertiary/aromatic N) is 2. The second-order valence-corrected chi connectivity index (χ2v) is 8.11. The van der Waals surface area contributed by atoms with Gasteiger partial charge >= 0.3 is 18.8 Å². The fourth-order valence-electron chi connectivity index (χ4n) is 3.51. The van der Waals surface area contributed by atoms with Gasteiger partial charge in [-0.25, -0.2) is 9.59 Å². The highest BCUT2D eigenvalue weighted by atomic mass is 19.3. The van der Waals surface area contributed by atoms with Gasteiger partial charge in [0.15, 0.2) is 0 Å². The Morgan fingerprint density at radius 3 is 2.31 bits per heavy atom. The fraction of sp³-hybridized carbons (Fsp3) is 0.600. The molecule has 9 heteroatoms. The molecule has 29 heavy (non-hydrogen) atoms. The Balaban J connectivity index is 2.25. The summed E-state index contributed by atoms with van der Waals surface area (Å²) in [6, 6.07) is 6.10. The van der Waals surface area contributed by atoms with Crippen LogP contribution in [0.4, 0.5) is 18.4 Å². The minimum atomic E-state index is -2.91. The van der Waals surface area contributed by atoms with E-state index in [0.717, 1.165) is 5.56 Å². The summed E-state index contributed by atoms with van der Waals surface area (Å²) >= 11 is 0. The van der Waals surface area contributed by atoms with E-state index in [1.165, 1.54) is 21.9 Å². The van der Waals surface area contributed by atoms with Crippen molar-refractivity contribution >= 4 is 12.2 Å². The molecule has 1 aromatic rings. The van der Waals surface area contributed by atoms with Crippen LogP contribution in [0.3, 0.4) is 0 Å². The molecule has 1 saturated heterocycles. The first-order valence-electron chi connectivity index (χ1n) is 9.48. The second-order valence-electron chi connectivity index (χ2n) is 8.11. The minimum absolute atomic E-state index is 0.0309. The third-order valence-electron chi connectivity index (χ3n) is 4.87. The summed E-state index contributed by atoms with van der Waals surface area (Å²) in [4.78, 5) is 27.3. The van der Waals surface area contributed by atoms with Crippen LogP contribution < -0.4 is 4.74 Å². The third-order valence-corrected chi connectivity index (χ3v) is 4.87. The lowest BCUT2D eigenvalue weighted by Crippen LogP contribution is -2.65. The van der Waals surface area contributed by atoms with Gasteiger partial charge < -0.3 is 19.5 Å². The first kappa shape index (κ1) is 22.7. The van der Waals surface area contributed by atoms with Crippen molar-refractivity contribution in [2.45, 2.75) is 58.3 Å². The molecule has 0 unspecified atom stereocenters. The molecule has 1 fully saturated rings. The van der Waals surface area contributed by atoms with Crippen molar-refractivity contribution < 1.29 is 33.0 Å². The average Bonchev–Trinajstić information content (AvgIpc) is 2.61. The number of halogens is 2. The van der Waals surface area contributed by atoms with Gasteiger partial charge in [0.05, 0.1) is 5.54 Å². The smallest absolute Gasteiger partial charge is 0.410 e. The van der Waals surface area contributed by atoms with Crippen LogP contribution in [0.5, 0.6) is 5.75 Å². The molecule has 2 amide bonds. The SMILES string of the molecule is CC[C@@]1(Cc2ccc(OC(F)F)cc2)CN(C(=O)OC(C)(C)C)CCN1C(=O)O.